The van der Waals surface area contributed by atoms with Crippen LogP contribution in [0.15, 0.2) is 84.5 Å². The van der Waals surface area contributed by atoms with Crippen molar-refractivity contribution in [1.29, 1.82) is 0 Å². The van der Waals surface area contributed by atoms with E-state index >= 15 is 0 Å². The molecule has 0 saturated heterocycles. The first-order valence-electron chi connectivity index (χ1n) is 10.4. The van der Waals surface area contributed by atoms with Crippen molar-refractivity contribution in [2.75, 3.05) is 11.1 Å². The zero-order valence-corrected chi connectivity index (χ0v) is 18.9. The Morgan fingerprint density at radius 2 is 1.82 bits per heavy atom. The third kappa shape index (κ3) is 5.48. The molecule has 0 atom stereocenters. The SMILES string of the molecule is C=CCn1c(Cc2cccc3ccccc23)nnc1SCC(=O)Nc1cccc(C(F)(F)F)c1. The number of amides is 1. The third-order valence-corrected chi connectivity index (χ3v) is 6.11. The Labute approximate surface area is 198 Å². The van der Waals surface area contributed by atoms with E-state index < -0.39 is 17.6 Å². The molecule has 174 valence electrons. The lowest BCUT2D eigenvalue weighted by molar-refractivity contribution is -0.137. The summed E-state index contributed by atoms with van der Waals surface area (Å²) in [6, 6.07) is 18.7. The fourth-order valence-electron chi connectivity index (χ4n) is 3.59. The molecule has 1 heterocycles. The highest BCUT2D eigenvalue weighted by Crippen LogP contribution is 2.31. The van der Waals surface area contributed by atoms with Gasteiger partial charge in [0.1, 0.15) is 5.82 Å². The maximum atomic E-state index is 12.9. The molecule has 1 amide bonds. The van der Waals surface area contributed by atoms with Gasteiger partial charge in [-0.15, -0.1) is 16.8 Å². The van der Waals surface area contributed by atoms with Gasteiger partial charge in [-0.3, -0.25) is 4.79 Å². The van der Waals surface area contributed by atoms with Crippen molar-refractivity contribution in [3.05, 3.63) is 96.3 Å². The van der Waals surface area contributed by atoms with Gasteiger partial charge in [0, 0.05) is 18.7 Å². The van der Waals surface area contributed by atoms with E-state index in [-0.39, 0.29) is 11.4 Å². The zero-order valence-electron chi connectivity index (χ0n) is 18.0. The zero-order chi connectivity index (χ0) is 24.1. The van der Waals surface area contributed by atoms with Crippen molar-refractivity contribution in [3.63, 3.8) is 0 Å². The lowest BCUT2D eigenvalue weighted by Crippen LogP contribution is -2.15. The van der Waals surface area contributed by atoms with Gasteiger partial charge in [-0.1, -0.05) is 66.4 Å². The van der Waals surface area contributed by atoms with E-state index in [0.29, 0.717) is 18.1 Å². The standard InChI is InChI=1S/C25H21F3N4OS/c1-2-13-32-22(14-18-9-5-8-17-7-3-4-12-21(17)18)30-31-24(32)34-16-23(33)29-20-11-6-10-19(15-20)25(26,27)28/h2-12,15H,1,13-14,16H2,(H,29,33). The van der Waals surface area contributed by atoms with E-state index in [9.17, 15) is 18.0 Å². The van der Waals surface area contributed by atoms with Gasteiger partial charge < -0.3 is 9.88 Å². The summed E-state index contributed by atoms with van der Waals surface area (Å²) in [5.41, 5.74) is 0.376. The quantitative estimate of drug-likeness (QED) is 0.249. The molecule has 0 saturated carbocycles. The summed E-state index contributed by atoms with van der Waals surface area (Å²) in [5.74, 6) is 0.268. The van der Waals surface area contributed by atoms with E-state index in [1.54, 1.807) is 6.08 Å². The van der Waals surface area contributed by atoms with Crippen LogP contribution in [0.3, 0.4) is 0 Å². The molecule has 0 fully saturated rings. The van der Waals surface area contributed by atoms with Gasteiger partial charge in [-0.25, -0.2) is 0 Å². The van der Waals surface area contributed by atoms with Crippen LogP contribution in [0, 0.1) is 0 Å². The monoisotopic (exact) mass is 482 g/mol. The molecular weight excluding hydrogens is 461 g/mol. The Morgan fingerprint density at radius 3 is 2.62 bits per heavy atom. The second-order valence-corrected chi connectivity index (χ2v) is 8.47. The molecule has 4 rings (SSSR count). The number of carbonyl (C=O) groups is 1. The van der Waals surface area contributed by atoms with Crippen molar-refractivity contribution in [3.8, 4) is 0 Å². The first-order chi connectivity index (χ1) is 16.3. The van der Waals surface area contributed by atoms with Crippen LogP contribution in [0.4, 0.5) is 18.9 Å². The Morgan fingerprint density at radius 1 is 1.06 bits per heavy atom. The number of rotatable bonds is 8. The summed E-state index contributed by atoms with van der Waals surface area (Å²) < 4.78 is 40.6. The number of hydrogen-bond donors (Lipinski definition) is 1. The molecular formula is C25H21F3N4OS. The number of nitrogens with zero attached hydrogens (tertiary/aromatic N) is 3. The number of hydrogen-bond acceptors (Lipinski definition) is 4. The molecule has 1 N–H and O–H groups in total. The second kappa shape index (κ2) is 10.1. The highest BCUT2D eigenvalue weighted by molar-refractivity contribution is 7.99. The maximum Gasteiger partial charge on any atom is 0.416 e. The van der Waals surface area contributed by atoms with Crippen LogP contribution in [0.25, 0.3) is 10.8 Å². The third-order valence-electron chi connectivity index (χ3n) is 5.14. The van der Waals surface area contributed by atoms with Gasteiger partial charge in [0.25, 0.3) is 0 Å². The molecule has 0 aliphatic rings. The summed E-state index contributed by atoms with van der Waals surface area (Å²) in [6.45, 7) is 4.26. The predicted molar refractivity (Wildman–Crippen MR) is 128 cm³/mol. The summed E-state index contributed by atoms with van der Waals surface area (Å²) in [5, 5.41) is 13.9. The lowest BCUT2D eigenvalue weighted by Gasteiger charge is -2.11. The number of halogens is 3. The highest BCUT2D eigenvalue weighted by atomic mass is 32.2. The van der Waals surface area contributed by atoms with Crippen molar-refractivity contribution in [2.45, 2.75) is 24.3 Å². The van der Waals surface area contributed by atoms with Crippen molar-refractivity contribution < 1.29 is 18.0 Å². The molecule has 34 heavy (non-hydrogen) atoms. The van der Waals surface area contributed by atoms with Crippen molar-refractivity contribution in [1.82, 2.24) is 14.8 Å². The van der Waals surface area contributed by atoms with Gasteiger partial charge in [0.15, 0.2) is 5.16 Å². The average molecular weight is 483 g/mol. The number of anilines is 1. The Kier molecular flexibility index (Phi) is 7.02. The molecule has 3 aromatic carbocycles. The van der Waals surface area contributed by atoms with Crippen LogP contribution in [0.2, 0.25) is 0 Å². The maximum absolute atomic E-state index is 12.9. The van der Waals surface area contributed by atoms with Gasteiger partial charge in [0.05, 0.1) is 11.3 Å². The molecule has 0 aliphatic carbocycles. The van der Waals surface area contributed by atoms with Gasteiger partial charge in [-0.2, -0.15) is 13.2 Å². The first-order valence-corrected chi connectivity index (χ1v) is 11.4. The van der Waals surface area contributed by atoms with Gasteiger partial charge >= 0.3 is 6.18 Å². The molecule has 1 aromatic heterocycles. The van der Waals surface area contributed by atoms with E-state index in [1.165, 1.54) is 23.9 Å². The smallest absolute Gasteiger partial charge is 0.325 e. The number of aromatic nitrogens is 3. The lowest BCUT2D eigenvalue weighted by atomic mass is 10.0. The molecule has 4 aromatic rings. The van der Waals surface area contributed by atoms with Crippen LogP contribution in [-0.4, -0.2) is 26.4 Å². The number of fused-ring (bicyclic) bond motifs is 1. The largest absolute Gasteiger partial charge is 0.416 e. The van der Waals surface area contributed by atoms with Crippen LogP contribution in [0.5, 0.6) is 0 Å². The van der Waals surface area contributed by atoms with Gasteiger partial charge in [0.2, 0.25) is 5.91 Å². The number of benzene rings is 3. The molecule has 0 unspecified atom stereocenters. The number of alkyl halides is 3. The van der Waals surface area contributed by atoms with Gasteiger partial charge in [-0.05, 0) is 34.5 Å². The minimum absolute atomic E-state index is 0.0280. The summed E-state index contributed by atoms with van der Waals surface area (Å²) in [7, 11) is 0. The van der Waals surface area contributed by atoms with Crippen LogP contribution in [0.1, 0.15) is 17.0 Å². The van der Waals surface area contributed by atoms with E-state index in [1.807, 2.05) is 28.8 Å². The normalized spacial score (nSPS) is 11.5. The number of carbonyl (C=O) groups excluding carboxylic acids is 1. The fourth-order valence-corrected chi connectivity index (χ4v) is 4.35. The second-order valence-electron chi connectivity index (χ2n) is 7.53. The molecule has 5 nitrogen and oxygen atoms in total. The van der Waals surface area contributed by atoms with E-state index in [4.69, 9.17) is 0 Å². The number of nitrogens with one attached hydrogen (secondary N) is 1. The Bertz CT molecular complexity index is 1330. The minimum Gasteiger partial charge on any atom is -0.325 e. The Hall–Kier alpha value is -3.59. The fraction of sp³-hybridized carbons (Fsp3) is 0.160. The average Bonchev–Trinajstić information content (AvgIpc) is 3.19. The minimum atomic E-state index is -4.48. The van der Waals surface area contributed by atoms with E-state index in [2.05, 4.69) is 40.3 Å². The first kappa shape index (κ1) is 23.6. The molecule has 0 spiro atoms. The summed E-state index contributed by atoms with van der Waals surface area (Å²) in [4.78, 5) is 12.4. The number of thioether (sulfide) groups is 1. The topological polar surface area (TPSA) is 59.8 Å². The van der Waals surface area contributed by atoms with Crippen LogP contribution >= 0.6 is 11.8 Å². The molecule has 0 radical (unpaired) electrons. The van der Waals surface area contributed by atoms with Crippen molar-refractivity contribution >= 4 is 34.1 Å². The molecule has 9 heteroatoms. The predicted octanol–water partition coefficient (Wildman–Crippen LogP) is 5.96. The number of allylic oxidation sites excluding steroid dienone is 1. The Balaban J connectivity index is 1.47. The molecule has 0 bridgehead atoms. The van der Waals surface area contributed by atoms with E-state index in [0.717, 1.165) is 34.3 Å². The van der Waals surface area contributed by atoms with Crippen LogP contribution < -0.4 is 5.32 Å². The summed E-state index contributed by atoms with van der Waals surface area (Å²) in [6.07, 6.45) is -2.20. The summed E-state index contributed by atoms with van der Waals surface area (Å²) >= 11 is 1.17. The molecule has 0 aliphatic heterocycles. The van der Waals surface area contributed by atoms with Crippen molar-refractivity contribution in [2.24, 2.45) is 0 Å². The highest BCUT2D eigenvalue weighted by Gasteiger charge is 2.30. The van der Waals surface area contributed by atoms with Crippen LogP contribution in [-0.2, 0) is 23.9 Å².